The molecule has 0 bridgehead atoms. The van der Waals surface area contributed by atoms with Crippen LogP contribution in [0.3, 0.4) is 0 Å². The van der Waals surface area contributed by atoms with Crippen molar-refractivity contribution in [2.75, 3.05) is 18.6 Å². The third kappa shape index (κ3) is 2.87. The molecule has 0 aliphatic carbocycles. The number of ether oxygens (including phenoxy) is 2. The Labute approximate surface area is 114 Å². The summed E-state index contributed by atoms with van der Waals surface area (Å²) >= 11 is 0. The summed E-state index contributed by atoms with van der Waals surface area (Å²) in [6.07, 6.45) is -0.00428. The lowest BCUT2D eigenvalue weighted by atomic mass is 10.1. The van der Waals surface area contributed by atoms with E-state index in [0.717, 1.165) is 0 Å². The molecule has 2 rings (SSSR count). The fourth-order valence-electron chi connectivity index (χ4n) is 2.14. The Morgan fingerprint density at radius 1 is 1.40 bits per heavy atom. The molecular formula is C13H13F2NO4. The molecule has 1 aliphatic rings. The van der Waals surface area contributed by atoms with Crippen molar-refractivity contribution in [1.29, 1.82) is 0 Å². The maximum absolute atomic E-state index is 12.3. The Kier molecular flexibility index (Phi) is 4.16. The molecule has 0 radical (unpaired) electrons. The molecule has 0 saturated carbocycles. The predicted molar refractivity (Wildman–Crippen MR) is 65.6 cm³/mol. The number of methoxy groups -OCH3 is 1. The Balaban J connectivity index is 2.24. The van der Waals surface area contributed by atoms with Gasteiger partial charge in [0.25, 0.3) is 0 Å². The van der Waals surface area contributed by atoms with E-state index in [1.165, 1.54) is 30.2 Å². The molecule has 1 aliphatic heterocycles. The van der Waals surface area contributed by atoms with E-state index < -0.39 is 18.5 Å². The summed E-state index contributed by atoms with van der Waals surface area (Å²) in [5, 5.41) is 0. The number of amides is 1. The summed E-state index contributed by atoms with van der Waals surface area (Å²) in [5.74, 6) is -1.51. The summed E-state index contributed by atoms with van der Waals surface area (Å²) in [6, 6.07) is 5.97. The summed E-state index contributed by atoms with van der Waals surface area (Å²) in [5.41, 5.74) is 0.226. The lowest BCUT2D eigenvalue weighted by Gasteiger charge is -2.19. The molecule has 108 valence electrons. The van der Waals surface area contributed by atoms with E-state index in [4.69, 9.17) is 0 Å². The first-order valence-corrected chi connectivity index (χ1v) is 5.95. The topological polar surface area (TPSA) is 55.8 Å². The molecule has 0 spiro atoms. The molecule has 1 fully saturated rings. The van der Waals surface area contributed by atoms with Crippen molar-refractivity contribution < 1.29 is 27.8 Å². The third-order valence-corrected chi connectivity index (χ3v) is 3.03. The van der Waals surface area contributed by atoms with Crippen molar-refractivity contribution in [2.24, 2.45) is 5.92 Å². The number of alkyl halides is 2. The number of hydrogen-bond acceptors (Lipinski definition) is 4. The van der Waals surface area contributed by atoms with Gasteiger partial charge in [0.1, 0.15) is 5.75 Å². The summed E-state index contributed by atoms with van der Waals surface area (Å²) in [7, 11) is 1.24. The minimum Gasteiger partial charge on any atom is -0.469 e. The van der Waals surface area contributed by atoms with Crippen LogP contribution in [0.4, 0.5) is 14.5 Å². The summed E-state index contributed by atoms with van der Waals surface area (Å²) in [6.45, 7) is -2.89. The van der Waals surface area contributed by atoms with Gasteiger partial charge in [0, 0.05) is 13.0 Å². The number of anilines is 1. The average Bonchev–Trinajstić information content (AvgIpc) is 2.80. The number of halogens is 2. The molecule has 0 unspecified atom stereocenters. The van der Waals surface area contributed by atoms with Crippen LogP contribution in [0.2, 0.25) is 0 Å². The molecule has 20 heavy (non-hydrogen) atoms. The highest BCUT2D eigenvalue weighted by molar-refractivity contribution is 6.00. The molecule has 1 amide bonds. The molecule has 7 heteroatoms. The van der Waals surface area contributed by atoms with Crippen LogP contribution in [-0.2, 0) is 14.3 Å². The van der Waals surface area contributed by atoms with E-state index in [9.17, 15) is 18.4 Å². The van der Waals surface area contributed by atoms with Crippen molar-refractivity contribution in [3.8, 4) is 5.75 Å². The van der Waals surface area contributed by atoms with Gasteiger partial charge in [0.2, 0.25) is 5.91 Å². The number of hydrogen-bond donors (Lipinski definition) is 0. The van der Waals surface area contributed by atoms with Gasteiger partial charge in [-0.3, -0.25) is 9.59 Å². The smallest absolute Gasteiger partial charge is 0.387 e. The van der Waals surface area contributed by atoms with E-state index >= 15 is 0 Å². The maximum Gasteiger partial charge on any atom is 0.387 e. The van der Waals surface area contributed by atoms with Gasteiger partial charge in [0.05, 0.1) is 18.7 Å². The number of carbonyl (C=O) groups is 2. The second kappa shape index (κ2) is 5.85. The van der Waals surface area contributed by atoms with Crippen molar-refractivity contribution >= 4 is 17.6 Å². The Bertz CT molecular complexity index is 521. The quantitative estimate of drug-likeness (QED) is 0.792. The first-order chi connectivity index (χ1) is 9.52. The van der Waals surface area contributed by atoms with Crippen LogP contribution in [0.15, 0.2) is 24.3 Å². The highest BCUT2D eigenvalue weighted by atomic mass is 19.3. The number of carbonyl (C=O) groups excluding carboxylic acids is 2. The minimum absolute atomic E-state index is 0.00428. The van der Waals surface area contributed by atoms with Gasteiger partial charge in [-0.15, -0.1) is 0 Å². The molecule has 1 heterocycles. The minimum atomic E-state index is -2.98. The SMILES string of the molecule is COC(=O)[C@@H]1CC(=O)N(c2ccccc2OC(F)F)C1. The Hall–Kier alpha value is -2.18. The first kappa shape index (κ1) is 14.2. The number of benzene rings is 1. The number of rotatable bonds is 4. The van der Waals surface area contributed by atoms with Crippen molar-refractivity contribution in [3.63, 3.8) is 0 Å². The monoisotopic (exact) mass is 285 g/mol. The Morgan fingerprint density at radius 2 is 2.10 bits per heavy atom. The Morgan fingerprint density at radius 3 is 2.75 bits per heavy atom. The van der Waals surface area contributed by atoms with Gasteiger partial charge in [0.15, 0.2) is 0 Å². The molecule has 1 saturated heterocycles. The number of nitrogens with zero attached hydrogens (tertiary/aromatic N) is 1. The van der Waals surface area contributed by atoms with Crippen LogP contribution in [0.1, 0.15) is 6.42 Å². The van der Waals surface area contributed by atoms with Gasteiger partial charge in [-0.05, 0) is 12.1 Å². The van der Waals surface area contributed by atoms with Gasteiger partial charge in [-0.25, -0.2) is 0 Å². The van der Waals surface area contributed by atoms with Gasteiger partial charge >= 0.3 is 12.6 Å². The lowest BCUT2D eigenvalue weighted by molar-refractivity contribution is -0.145. The van der Waals surface area contributed by atoms with E-state index in [1.807, 2.05) is 0 Å². The van der Waals surface area contributed by atoms with Gasteiger partial charge in [-0.2, -0.15) is 8.78 Å². The van der Waals surface area contributed by atoms with Crippen LogP contribution in [0, 0.1) is 5.92 Å². The van der Waals surface area contributed by atoms with Crippen LogP contribution in [0.25, 0.3) is 0 Å². The zero-order valence-electron chi connectivity index (χ0n) is 10.7. The summed E-state index contributed by atoms with van der Waals surface area (Å²) < 4.78 is 33.7. The normalized spacial score (nSPS) is 18.5. The fourth-order valence-corrected chi connectivity index (χ4v) is 2.14. The number of esters is 1. The fraction of sp³-hybridized carbons (Fsp3) is 0.385. The standard InChI is InChI=1S/C13H13F2NO4/c1-19-12(18)8-6-11(17)16(7-8)9-4-2-3-5-10(9)20-13(14)15/h2-5,8,13H,6-7H2,1H3/t8-/m1/s1. The van der Waals surface area contributed by atoms with E-state index in [2.05, 4.69) is 9.47 Å². The van der Waals surface area contributed by atoms with Crippen molar-refractivity contribution in [1.82, 2.24) is 0 Å². The maximum atomic E-state index is 12.3. The van der Waals surface area contributed by atoms with E-state index in [1.54, 1.807) is 6.07 Å². The van der Waals surface area contributed by atoms with Crippen molar-refractivity contribution in [3.05, 3.63) is 24.3 Å². The largest absolute Gasteiger partial charge is 0.469 e. The van der Waals surface area contributed by atoms with Crippen LogP contribution in [0.5, 0.6) is 5.75 Å². The zero-order chi connectivity index (χ0) is 14.7. The van der Waals surface area contributed by atoms with Crippen LogP contribution < -0.4 is 9.64 Å². The molecule has 1 aromatic carbocycles. The third-order valence-electron chi connectivity index (χ3n) is 3.03. The first-order valence-electron chi connectivity index (χ1n) is 5.95. The predicted octanol–water partition coefficient (Wildman–Crippen LogP) is 1.81. The van der Waals surface area contributed by atoms with E-state index in [0.29, 0.717) is 0 Å². The molecule has 0 N–H and O–H groups in total. The molecule has 1 aromatic rings. The second-order valence-corrected chi connectivity index (χ2v) is 4.27. The van der Waals surface area contributed by atoms with Crippen LogP contribution >= 0.6 is 0 Å². The molecule has 1 atom stereocenters. The number of para-hydroxylation sites is 2. The lowest BCUT2D eigenvalue weighted by Crippen LogP contribution is -2.26. The highest BCUT2D eigenvalue weighted by Crippen LogP contribution is 2.34. The van der Waals surface area contributed by atoms with Crippen LogP contribution in [-0.4, -0.2) is 32.1 Å². The van der Waals surface area contributed by atoms with E-state index in [-0.39, 0.29) is 30.3 Å². The molecular weight excluding hydrogens is 272 g/mol. The molecule has 0 aromatic heterocycles. The highest BCUT2D eigenvalue weighted by Gasteiger charge is 2.37. The summed E-state index contributed by atoms with van der Waals surface area (Å²) in [4.78, 5) is 24.6. The second-order valence-electron chi connectivity index (χ2n) is 4.27. The van der Waals surface area contributed by atoms with Gasteiger partial charge < -0.3 is 14.4 Å². The zero-order valence-corrected chi connectivity index (χ0v) is 10.7. The molecule has 5 nitrogen and oxygen atoms in total. The van der Waals surface area contributed by atoms with Crippen molar-refractivity contribution in [2.45, 2.75) is 13.0 Å². The average molecular weight is 285 g/mol. The van der Waals surface area contributed by atoms with Gasteiger partial charge in [-0.1, -0.05) is 12.1 Å².